The predicted molar refractivity (Wildman–Crippen MR) is 64.1 cm³/mol. The van der Waals surface area contributed by atoms with Gasteiger partial charge in [0, 0.05) is 6.42 Å². The summed E-state index contributed by atoms with van der Waals surface area (Å²) in [6.45, 7) is 1.86. The summed E-state index contributed by atoms with van der Waals surface area (Å²) in [5.74, 6) is -1.61. The molecule has 0 aliphatic rings. The number of esters is 1. The number of hydrogen-bond acceptors (Lipinski definition) is 4. The molecule has 0 saturated heterocycles. The lowest BCUT2D eigenvalue weighted by Gasteiger charge is -2.10. The molecule has 0 amide bonds. The zero-order chi connectivity index (χ0) is 13.7. The molecule has 18 heavy (non-hydrogen) atoms. The molecule has 0 aromatic heterocycles. The maximum atomic E-state index is 11.1. The van der Waals surface area contributed by atoms with Crippen molar-refractivity contribution in [3.63, 3.8) is 0 Å². The van der Waals surface area contributed by atoms with Gasteiger partial charge in [-0.1, -0.05) is 18.2 Å². The Morgan fingerprint density at radius 1 is 1.39 bits per heavy atom. The third kappa shape index (κ3) is 3.56. The molecule has 1 aromatic rings. The first-order chi connectivity index (χ1) is 8.45. The zero-order valence-electron chi connectivity index (χ0n) is 10.3. The van der Waals surface area contributed by atoms with Crippen molar-refractivity contribution in [1.29, 1.82) is 0 Å². The lowest BCUT2D eigenvalue weighted by Crippen LogP contribution is -2.11. The van der Waals surface area contributed by atoms with Crippen molar-refractivity contribution in [2.24, 2.45) is 0 Å². The highest BCUT2D eigenvalue weighted by atomic mass is 16.5. The number of carbonyl (C=O) groups excluding carboxylic acids is 1. The van der Waals surface area contributed by atoms with Crippen LogP contribution >= 0.6 is 0 Å². The monoisotopic (exact) mass is 252 g/mol. The minimum Gasteiger partial charge on any atom is -0.479 e. The lowest BCUT2D eigenvalue weighted by atomic mass is 9.98. The number of aryl methyl sites for hydroxylation is 2. The molecule has 98 valence electrons. The van der Waals surface area contributed by atoms with Crippen LogP contribution in [-0.2, 0) is 20.7 Å². The molecule has 5 heteroatoms. The van der Waals surface area contributed by atoms with E-state index in [0.29, 0.717) is 12.0 Å². The number of aliphatic hydroxyl groups is 1. The highest BCUT2D eigenvalue weighted by molar-refractivity contribution is 5.74. The first kappa shape index (κ1) is 14.2. The fraction of sp³-hybridized carbons (Fsp3) is 0.385. The Labute approximate surface area is 105 Å². The Morgan fingerprint density at radius 2 is 2.06 bits per heavy atom. The summed E-state index contributed by atoms with van der Waals surface area (Å²) in [5.41, 5.74) is 2.09. The van der Waals surface area contributed by atoms with Crippen LogP contribution in [0.2, 0.25) is 0 Å². The van der Waals surface area contributed by atoms with Crippen LogP contribution in [0.15, 0.2) is 18.2 Å². The van der Waals surface area contributed by atoms with E-state index in [1.165, 1.54) is 7.11 Å². The van der Waals surface area contributed by atoms with Crippen LogP contribution in [0.1, 0.15) is 29.2 Å². The minimum absolute atomic E-state index is 0.226. The number of benzene rings is 1. The lowest BCUT2D eigenvalue weighted by molar-refractivity contribution is -0.147. The summed E-state index contributed by atoms with van der Waals surface area (Å²) in [4.78, 5) is 21.7. The molecule has 0 aliphatic carbocycles. The molecule has 0 aliphatic heterocycles. The van der Waals surface area contributed by atoms with Crippen molar-refractivity contribution in [2.75, 3.05) is 7.11 Å². The Morgan fingerprint density at radius 3 is 2.61 bits per heavy atom. The molecule has 0 saturated carbocycles. The van der Waals surface area contributed by atoms with Crippen molar-refractivity contribution >= 4 is 11.9 Å². The number of ether oxygens (including phenoxy) is 1. The topological polar surface area (TPSA) is 83.8 Å². The number of carbonyl (C=O) groups is 2. The maximum absolute atomic E-state index is 11.1. The number of carboxylic acids is 1. The van der Waals surface area contributed by atoms with Crippen LogP contribution in [0.5, 0.6) is 0 Å². The highest BCUT2D eigenvalue weighted by Gasteiger charge is 2.16. The molecule has 5 nitrogen and oxygen atoms in total. The quantitative estimate of drug-likeness (QED) is 0.770. The van der Waals surface area contributed by atoms with Gasteiger partial charge in [-0.2, -0.15) is 0 Å². The molecule has 1 atom stereocenters. The smallest absolute Gasteiger partial charge is 0.337 e. The van der Waals surface area contributed by atoms with Crippen LogP contribution in [0.25, 0.3) is 0 Å². The number of methoxy groups -OCH3 is 1. The van der Waals surface area contributed by atoms with Crippen LogP contribution in [-0.4, -0.2) is 29.3 Å². The van der Waals surface area contributed by atoms with Crippen molar-refractivity contribution < 1.29 is 24.5 Å². The molecule has 0 radical (unpaired) electrons. The Bertz CT molecular complexity index is 453. The van der Waals surface area contributed by atoms with Gasteiger partial charge in [0.15, 0.2) is 6.10 Å². The molecule has 0 spiro atoms. The van der Waals surface area contributed by atoms with E-state index in [1.54, 1.807) is 18.2 Å². The molecule has 1 aromatic carbocycles. The van der Waals surface area contributed by atoms with Gasteiger partial charge in [-0.25, -0.2) is 4.79 Å². The van der Waals surface area contributed by atoms with Gasteiger partial charge in [-0.05, 0) is 30.0 Å². The number of hydrogen-bond donors (Lipinski definition) is 2. The Kier molecular flexibility index (Phi) is 4.85. The van der Waals surface area contributed by atoms with E-state index in [1.807, 2.05) is 6.92 Å². The second-order valence-corrected chi connectivity index (χ2v) is 4.00. The van der Waals surface area contributed by atoms with Gasteiger partial charge in [0.1, 0.15) is 0 Å². The van der Waals surface area contributed by atoms with Crippen molar-refractivity contribution in [3.8, 4) is 0 Å². The summed E-state index contributed by atoms with van der Waals surface area (Å²) >= 11 is 0. The standard InChI is InChI=1S/C13H16O5/c1-8-3-4-10(12(15)13(16)17)7-9(8)5-6-11(14)18-2/h3-4,7,12,15H,5-6H2,1-2H3,(H,16,17). The van der Waals surface area contributed by atoms with Crippen LogP contribution < -0.4 is 0 Å². The first-order valence-corrected chi connectivity index (χ1v) is 5.52. The van der Waals surface area contributed by atoms with Gasteiger partial charge in [0.05, 0.1) is 7.11 Å². The number of aliphatic carboxylic acids is 1. The molecule has 0 fully saturated rings. The third-order valence-electron chi connectivity index (χ3n) is 2.75. The fourth-order valence-electron chi connectivity index (χ4n) is 1.61. The van der Waals surface area contributed by atoms with Crippen LogP contribution in [0.3, 0.4) is 0 Å². The Balaban J connectivity index is 2.87. The van der Waals surface area contributed by atoms with Crippen LogP contribution in [0, 0.1) is 6.92 Å². The average molecular weight is 252 g/mol. The summed E-state index contributed by atoms with van der Waals surface area (Å²) in [6.07, 6.45) is -0.856. The van der Waals surface area contributed by atoms with Crippen LogP contribution in [0.4, 0.5) is 0 Å². The molecule has 2 N–H and O–H groups in total. The second-order valence-electron chi connectivity index (χ2n) is 4.00. The Hall–Kier alpha value is -1.88. The van der Waals surface area contributed by atoms with E-state index < -0.39 is 12.1 Å². The van der Waals surface area contributed by atoms with E-state index in [-0.39, 0.29) is 12.4 Å². The van der Waals surface area contributed by atoms with Crippen molar-refractivity contribution in [1.82, 2.24) is 0 Å². The SMILES string of the molecule is COC(=O)CCc1cc(C(O)C(=O)O)ccc1C. The van der Waals surface area contributed by atoms with Crippen molar-refractivity contribution in [2.45, 2.75) is 25.9 Å². The summed E-state index contributed by atoms with van der Waals surface area (Å²) in [6, 6.07) is 4.90. The molecular weight excluding hydrogens is 236 g/mol. The van der Waals surface area contributed by atoms with E-state index in [9.17, 15) is 14.7 Å². The third-order valence-corrected chi connectivity index (χ3v) is 2.75. The fourth-order valence-corrected chi connectivity index (χ4v) is 1.61. The molecule has 1 unspecified atom stereocenters. The molecule has 0 heterocycles. The molecule has 1 rings (SSSR count). The predicted octanol–water partition coefficient (Wildman–Crippen LogP) is 1.22. The first-order valence-electron chi connectivity index (χ1n) is 5.52. The number of rotatable bonds is 5. The van der Waals surface area contributed by atoms with Gasteiger partial charge >= 0.3 is 11.9 Å². The van der Waals surface area contributed by atoms with E-state index in [0.717, 1.165) is 11.1 Å². The van der Waals surface area contributed by atoms with E-state index in [2.05, 4.69) is 4.74 Å². The summed E-state index contributed by atoms with van der Waals surface area (Å²) < 4.78 is 4.55. The highest BCUT2D eigenvalue weighted by Crippen LogP contribution is 2.19. The number of carboxylic acid groups (broad SMARTS) is 1. The normalized spacial score (nSPS) is 11.9. The average Bonchev–Trinajstić information content (AvgIpc) is 2.36. The van der Waals surface area contributed by atoms with E-state index >= 15 is 0 Å². The zero-order valence-corrected chi connectivity index (χ0v) is 10.3. The molecular formula is C13H16O5. The van der Waals surface area contributed by atoms with Crippen molar-refractivity contribution in [3.05, 3.63) is 34.9 Å². The summed E-state index contributed by atoms with van der Waals surface area (Å²) in [5, 5.41) is 18.2. The van der Waals surface area contributed by atoms with Gasteiger partial charge < -0.3 is 14.9 Å². The van der Waals surface area contributed by atoms with Gasteiger partial charge in [0.25, 0.3) is 0 Å². The number of aliphatic hydroxyl groups excluding tert-OH is 1. The van der Waals surface area contributed by atoms with Gasteiger partial charge in [-0.15, -0.1) is 0 Å². The summed E-state index contributed by atoms with van der Waals surface area (Å²) in [7, 11) is 1.32. The second kappa shape index (κ2) is 6.16. The van der Waals surface area contributed by atoms with Gasteiger partial charge in [-0.3, -0.25) is 4.79 Å². The largest absolute Gasteiger partial charge is 0.479 e. The minimum atomic E-state index is -1.54. The maximum Gasteiger partial charge on any atom is 0.337 e. The molecule has 0 bridgehead atoms. The van der Waals surface area contributed by atoms with E-state index in [4.69, 9.17) is 5.11 Å². The van der Waals surface area contributed by atoms with Gasteiger partial charge in [0.2, 0.25) is 0 Å².